The highest BCUT2D eigenvalue weighted by molar-refractivity contribution is 5.97. The average molecular weight is 328 g/mol. The minimum atomic E-state index is -0.329. The van der Waals surface area contributed by atoms with Gasteiger partial charge in [-0.2, -0.15) is 0 Å². The van der Waals surface area contributed by atoms with Gasteiger partial charge >= 0.3 is 6.09 Å². The summed E-state index contributed by atoms with van der Waals surface area (Å²) in [5.41, 5.74) is 2.26. The molecule has 1 aromatic carbocycles. The third-order valence-corrected chi connectivity index (χ3v) is 4.10. The molecule has 0 unspecified atom stereocenters. The summed E-state index contributed by atoms with van der Waals surface area (Å²) in [5, 5.41) is 3.03. The number of H-pyrrole nitrogens is 1. The molecular formula is C17H20N4O3. The second-order valence-electron chi connectivity index (χ2n) is 5.73. The number of carbonyl (C=O) groups excluding carboxylic acids is 2. The van der Waals surface area contributed by atoms with Gasteiger partial charge < -0.3 is 19.9 Å². The number of fused-ring (bicyclic) bond motifs is 1. The number of imidazole rings is 1. The number of rotatable bonds is 4. The van der Waals surface area contributed by atoms with E-state index < -0.39 is 0 Å². The highest BCUT2D eigenvalue weighted by atomic mass is 16.6. The Morgan fingerprint density at radius 3 is 2.96 bits per heavy atom. The number of amides is 2. The number of aromatic amines is 1. The Morgan fingerprint density at radius 1 is 1.42 bits per heavy atom. The Morgan fingerprint density at radius 2 is 2.21 bits per heavy atom. The summed E-state index contributed by atoms with van der Waals surface area (Å²) in [6.07, 6.45) is 4.24. The van der Waals surface area contributed by atoms with E-state index in [1.807, 2.05) is 6.07 Å². The normalized spacial score (nSPS) is 15.2. The van der Waals surface area contributed by atoms with Crippen LogP contribution in [0, 0.1) is 0 Å². The number of ether oxygens (including phenoxy) is 1. The van der Waals surface area contributed by atoms with Crippen LogP contribution in [0.15, 0.2) is 37.2 Å². The molecule has 0 spiro atoms. The topological polar surface area (TPSA) is 87.3 Å². The van der Waals surface area contributed by atoms with Crippen molar-refractivity contribution in [2.45, 2.75) is 18.9 Å². The Balaban J connectivity index is 1.52. The van der Waals surface area contributed by atoms with Gasteiger partial charge in [0.2, 0.25) is 0 Å². The molecule has 2 aromatic rings. The summed E-state index contributed by atoms with van der Waals surface area (Å²) in [6.45, 7) is 4.87. The molecule has 2 heterocycles. The Kier molecular flexibility index (Phi) is 4.79. The van der Waals surface area contributed by atoms with Crippen LogP contribution in [-0.4, -0.2) is 52.6 Å². The Bertz CT molecular complexity index is 747. The first kappa shape index (κ1) is 16.0. The first-order chi connectivity index (χ1) is 11.7. The van der Waals surface area contributed by atoms with Gasteiger partial charge in [0, 0.05) is 24.7 Å². The fourth-order valence-electron chi connectivity index (χ4n) is 2.77. The van der Waals surface area contributed by atoms with Crippen molar-refractivity contribution in [3.63, 3.8) is 0 Å². The summed E-state index contributed by atoms with van der Waals surface area (Å²) in [4.78, 5) is 32.9. The fourth-order valence-corrected chi connectivity index (χ4v) is 2.77. The molecular weight excluding hydrogens is 308 g/mol. The van der Waals surface area contributed by atoms with Gasteiger partial charge in [-0.05, 0) is 31.0 Å². The first-order valence-electron chi connectivity index (χ1n) is 7.94. The van der Waals surface area contributed by atoms with E-state index in [9.17, 15) is 9.59 Å². The number of aromatic nitrogens is 2. The van der Waals surface area contributed by atoms with Gasteiger partial charge in [0.15, 0.2) is 0 Å². The van der Waals surface area contributed by atoms with Gasteiger partial charge in [-0.3, -0.25) is 4.79 Å². The second-order valence-corrected chi connectivity index (χ2v) is 5.73. The van der Waals surface area contributed by atoms with Gasteiger partial charge in [-0.1, -0.05) is 12.7 Å². The van der Waals surface area contributed by atoms with Crippen LogP contribution in [0.25, 0.3) is 11.0 Å². The predicted octanol–water partition coefficient (Wildman–Crippen LogP) is 2.08. The summed E-state index contributed by atoms with van der Waals surface area (Å²) in [7, 11) is 0. The number of piperidine rings is 1. The van der Waals surface area contributed by atoms with E-state index in [-0.39, 0.29) is 24.6 Å². The smallest absolute Gasteiger partial charge is 0.410 e. The van der Waals surface area contributed by atoms with E-state index in [0.29, 0.717) is 31.5 Å². The zero-order valence-corrected chi connectivity index (χ0v) is 13.3. The molecule has 1 aliphatic rings. The molecule has 0 bridgehead atoms. The number of likely N-dealkylation sites (tertiary alicyclic amines) is 1. The molecule has 1 saturated heterocycles. The average Bonchev–Trinajstić information content (AvgIpc) is 3.08. The van der Waals surface area contributed by atoms with E-state index >= 15 is 0 Å². The van der Waals surface area contributed by atoms with Crippen molar-refractivity contribution in [3.8, 4) is 0 Å². The number of nitrogens with zero attached hydrogens (tertiary/aromatic N) is 2. The lowest BCUT2D eigenvalue weighted by atomic mass is 10.0. The van der Waals surface area contributed by atoms with E-state index in [1.54, 1.807) is 29.4 Å². The van der Waals surface area contributed by atoms with Gasteiger partial charge in [-0.15, -0.1) is 0 Å². The van der Waals surface area contributed by atoms with Gasteiger partial charge in [-0.25, -0.2) is 9.78 Å². The van der Waals surface area contributed by atoms with Crippen LogP contribution in [-0.2, 0) is 4.74 Å². The quantitative estimate of drug-likeness (QED) is 0.841. The fraction of sp³-hybridized carbons (Fsp3) is 0.353. The molecule has 2 amide bonds. The second kappa shape index (κ2) is 7.16. The molecule has 1 aromatic heterocycles. The summed E-state index contributed by atoms with van der Waals surface area (Å²) >= 11 is 0. The molecule has 7 heteroatoms. The SMILES string of the molecule is C=CCOC(=O)N1CCC(NC(=O)c2ccc3nc[nH]c3c2)CC1. The van der Waals surface area contributed by atoms with E-state index in [1.165, 1.54) is 0 Å². The van der Waals surface area contributed by atoms with Crippen LogP contribution in [0.1, 0.15) is 23.2 Å². The molecule has 1 fully saturated rings. The summed E-state index contributed by atoms with van der Waals surface area (Å²) in [6, 6.07) is 5.43. The predicted molar refractivity (Wildman–Crippen MR) is 89.7 cm³/mol. The largest absolute Gasteiger partial charge is 0.445 e. The molecule has 2 N–H and O–H groups in total. The standard InChI is InChI=1S/C17H20N4O3/c1-2-9-24-17(23)21-7-5-13(6-8-21)20-16(22)12-3-4-14-15(10-12)19-11-18-14/h2-4,10-11,13H,1,5-9H2,(H,18,19)(H,20,22). The zero-order chi connectivity index (χ0) is 16.9. The maximum atomic E-state index is 12.4. The maximum absolute atomic E-state index is 12.4. The minimum absolute atomic E-state index is 0.0541. The highest BCUT2D eigenvalue weighted by Crippen LogP contribution is 2.14. The Hall–Kier alpha value is -2.83. The van der Waals surface area contributed by atoms with Gasteiger partial charge in [0.05, 0.1) is 17.4 Å². The molecule has 0 atom stereocenters. The monoisotopic (exact) mass is 328 g/mol. The lowest BCUT2D eigenvalue weighted by Crippen LogP contribution is -2.46. The van der Waals surface area contributed by atoms with Gasteiger partial charge in [0.25, 0.3) is 5.91 Å². The van der Waals surface area contributed by atoms with Crippen LogP contribution in [0.2, 0.25) is 0 Å². The van der Waals surface area contributed by atoms with Gasteiger partial charge in [0.1, 0.15) is 6.61 Å². The Labute approximate surface area is 139 Å². The first-order valence-corrected chi connectivity index (χ1v) is 7.94. The molecule has 0 saturated carbocycles. The van der Waals surface area contributed by atoms with Crippen molar-refractivity contribution in [1.29, 1.82) is 0 Å². The van der Waals surface area contributed by atoms with Crippen molar-refractivity contribution < 1.29 is 14.3 Å². The van der Waals surface area contributed by atoms with Crippen LogP contribution in [0.3, 0.4) is 0 Å². The lowest BCUT2D eigenvalue weighted by molar-refractivity contribution is 0.0874. The lowest BCUT2D eigenvalue weighted by Gasteiger charge is -2.31. The van der Waals surface area contributed by atoms with E-state index in [2.05, 4.69) is 21.9 Å². The molecule has 0 aliphatic carbocycles. The third kappa shape index (κ3) is 3.56. The van der Waals surface area contributed by atoms with Crippen molar-refractivity contribution in [3.05, 3.63) is 42.7 Å². The number of hydrogen-bond acceptors (Lipinski definition) is 4. The highest BCUT2D eigenvalue weighted by Gasteiger charge is 2.24. The van der Waals surface area contributed by atoms with Crippen molar-refractivity contribution in [1.82, 2.24) is 20.2 Å². The molecule has 7 nitrogen and oxygen atoms in total. The van der Waals surface area contributed by atoms with Crippen molar-refractivity contribution in [2.24, 2.45) is 0 Å². The van der Waals surface area contributed by atoms with Crippen molar-refractivity contribution >= 4 is 23.0 Å². The van der Waals surface area contributed by atoms with Crippen LogP contribution < -0.4 is 5.32 Å². The number of carbonyl (C=O) groups is 2. The molecule has 1 aliphatic heterocycles. The summed E-state index contributed by atoms with van der Waals surface area (Å²) < 4.78 is 5.02. The number of hydrogen-bond donors (Lipinski definition) is 2. The van der Waals surface area contributed by atoms with Crippen LogP contribution >= 0.6 is 0 Å². The zero-order valence-electron chi connectivity index (χ0n) is 13.3. The van der Waals surface area contributed by atoms with Crippen molar-refractivity contribution in [2.75, 3.05) is 19.7 Å². The molecule has 24 heavy (non-hydrogen) atoms. The van der Waals surface area contributed by atoms with E-state index in [0.717, 1.165) is 11.0 Å². The van der Waals surface area contributed by atoms with E-state index in [4.69, 9.17) is 4.74 Å². The molecule has 3 rings (SSSR count). The third-order valence-electron chi connectivity index (χ3n) is 4.10. The van der Waals surface area contributed by atoms with Crippen LogP contribution in [0.5, 0.6) is 0 Å². The molecule has 0 radical (unpaired) electrons. The number of nitrogens with one attached hydrogen (secondary N) is 2. The maximum Gasteiger partial charge on any atom is 0.410 e. The number of benzene rings is 1. The van der Waals surface area contributed by atoms with Crippen LogP contribution in [0.4, 0.5) is 4.79 Å². The molecule has 126 valence electrons. The summed E-state index contributed by atoms with van der Waals surface area (Å²) in [5.74, 6) is -0.112. The minimum Gasteiger partial charge on any atom is -0.445 e.